The summed E-state index contributed by atoms with van der Waals surface area (Å²) in [7, 11) is 0. The molecule has 0 amide bonds. The quantitative estimate of drug-likeness (QED) is 0.657. The zero-order valence-electron chi connectivity index (χ0n) is 7.79. The van der Waals surface area contributed by atoms with Gasteiger partial charge in [0.15, 0.2) is 0 Å². The minimum absolute atomic E-state index is 0.765. The van der Waals surface area contributed by atoms with E-state index in [9.17, 15) is 0 Å². The first kappa shape index (κ1) is 9.59. The molecule has 1 aromatic heterocycles. The minimum atomic E-state index is 0.765. The molecule has 74 valence electrons. The van der Waals surface area contributed by atoms with E-state index >= 15 is 0 Å². The number of hydrogen-bond acceptors (Lipinski definition) is 1. The molecule has 0 aliphatic heterocycles. The van der Waals surface area contributed by atoms with E-state index < -0.39 is 0 Å². The maximum atomic E-state index is 5.58. The average molecular weight is 254 g/mol. The molecule has 2 aromatic rings. The van der Waals surface area contributed by atoms with Crippen LogP contribution < -0.4 is 4.74 Å². The van der Waals surface area contributed by atoms with Crippen LogP contribution in [0.15, 0.2) is 30.5 Å². The Morgan fingerprint density at radius 3 is 3.07 bits per heavy atom. The molecule has 0 fully saturated rings. The highest BCUT2D eigenvalue weighted by Crippen LogP contribution is 2.19. The molecule has 0 saturated heterocycles. The van der Waals surface area contributed by atoms with Crippen LogP contribution in [-0.2, 0) is 0 Å². The van der Waals surface area contributed by atoms with Crippen molar-refractivity contribution >= 4 is 26.8 Å². The lowest BCUT2D eigenvalue weighted by Gasteiger charge is -2.04. The van der Waals surface area contributed by atoms with Crippen molar-refractivity contribution in [2.24, 2.45) is 0 Å². The van der Waals surface area contributed by atoms with E-state index in [0.29, 0.717) is 0 Å². The van der Waals surface area contributed by atoms with Crippen LogP contribution in [0, 0.1) is 0 Å². The molecule has 0 atom stereocenters. The molecule has 0 spiro atoms. The average Bonchev–Trinajstić information content (AvgIpc) is 2.65. The van der Waals surface area contributed by atoms with Crippen molar-refractivity contribution < 1.29 is 4.74 Å². The summed E-state index contributed by atoms with van der Waals surface area (Å²) in [5.74, 6) is 0.943. The smallest absolute Gasteiger partial charge is 0.120 e. The molecule has 0 aliphatic rings. The Morgan fingerprint density at radius 1 is 1.29 bits per heavy atom. The number of benzene rings is 1. The number of rotatable bonds is 4. The lowest BCUT2D eigenvalue weighted by molar-refractivity contribution is 0.319. The van der Waals surface area contributed by atoms with Crippen molar-refractivity contribution in [1.82, 2.24) is 4.98 Å². The van der Waals surface area contributed by atoms with Crippen LogP contribution in [0.3, 0.4) is 0 Å². The van der Waals surface area contributed by atoms with Crippen LogP contribution in [0.1, 0.15) is 6.42 Å². The predicted molar refractivity (Wildman–Crippen MR) is 62.2 cm³/mol. The zero-order chi connectivity index (χ0) is 9.80. The second-order valence-electron chi connectivity index (χ2n) is 3.12. The molecule has 14 heavy (non-hydrogen) atoms. The number of ether oxygens (including phenoxy) is 1. The van der Waals surface area contributed by atoms with Crippen LogP contribution in [0.25, 0.3) is 10.9 Å². The highest BCUT2D eigenvalue weighted by molar-refractivity contribution is 9.09. The van der Waals surface area contributed by atoms with Gasteiger partial charge < -0.3 is 9.72 Å². The Balaban J connectivity index is 2.10. The van der Waals surface area contributed by atoms with Gasteiger partial charge in [-0.25, -0.2) is 0 Å². The molecule has 2 nitrogen and oxygen atoms in total. The maximum absolute atomic E-state index is 5.58. The van der Waals surface area contributed by atoms with E-state index in [-0.39, 0.29) is 0 Å². The molecule has 1 N–H and O–H groups in total. The normalized spacial score (nSPS) is 10.6. The van der Waals surface area contributed by atoms with Crippen molar-refractivity contribution in [2.75, 3.05) is 11.9 Å². The monoisotopic (exact) mass is 253 g/mol. The van der Waals surface area contributed by atoms with Gasteiger partial charge in [0.2, 0.25) is 0 Å². The summed E-state index contributed by atoms with van der Waals surface area (Å²) in [5, 5.41) is 2.18. The fraction of sp³-hybridized carbons (Fsp3) is 0.273. The molecule has 0 radical (unpaired) electrons. The van der Waals surface area contributed by atoms with E-state index in [0.717, 1.165) is 29.6 Å². The summed E-state index contributed by atoms with van der Waals surface area (Å²) >= 11 is 3.37. The Morgan fingerprint density at radius 2 is 2.21 bits per heavy atom. The van der Waals surface area contributed by atoms with E-state index in [1.807, 2.05) is 24.4 Å². The highest BCUT2D eigenvalue weighted by atomic mass is 79.9. The van der Waals surface area contributed by atoms with Gasteiger partial charge in [-0.2, -0.15) is 0 Å². The Bertz CT molecular complexity index is 410. The van der Waals surface area contributed by atoms with E-state index in [4.69, 9.17) is 4.74 Å². The van der Waals surface area contributed by atoms with Gasteiger partial charge >= 0.3 is 0 Å². The number of aromatic nitrogens is 1. The van der Waals surface area contributed by atoms with Gasteiger partial charge in [-0.05, 0) is 30.7 Å². The summed E-state index contributed by atoms with van der Waals surface area (Å²) < 4.78 is 5.58. The number of fused-ring (bicyclic) bond motifs is 1. The Kier molecular flexibility index (Phi) is 3.09. The maximum Gasteiger partial charge on any atom is 0.120 e. The summed E-state index contributed by atoms with van der Waals surface area (Å²) in [6.45, 7) is 0.765. The van der Waals surface area contributed by atoms with Crippen LogP contribution >= 0.6 is 15.9 Å². The summed E-state index contributed by atoms with van der Waals surface area (Å²) in [6.07, 6.45) is 2.97. The molecular formula is C11H12BrNO. The van der Waals surface area contributed by atoms with E-state index in [1.165, 1.54) is 5.39 Å². The Hall–Kier alpha value is -0.960. The van der Waals surface area contributed by atoms with Gasteiger partial charge in [-0.3, -0.25) is 0 Å². The summed E-state index contributed by atoms with van der Waals surface area (Å²) in [5.41, 5.74) is 1.15. The number of nitrogens with one attached hydrogen (secondary N) is 1. The molecular weight excluding hydrogens is 242 g/mol. The molecule has 3 heteroatoms. The second-order valence-corrected chi connectivity index (χ2v) is 3.91. The first-order valence-corrected chi connectivity index (χ1v) is 5.78. The number of aromatic amines is 1. The fourth-order valence-corrected chi connectivity index (χ4v) is 1.59. The summed E-state index contributed by atoms with van der Waals surface area (Å²) in [6, 6.07) is 8.14. The fourth-order valence-electron chi connectivity index (χ4n) is 1.37. The number of H-pyrrole nitrogens is 1. The molecule has 2 rings (SSSR count). The standard InChI is InChI=1S/C11H12BrNO/c12-5-1-7-14-10-2-3-11-9(8-10)4-6-13-11/h2-4,6,8,13H,1,5,7H2. The molecule has 0 unspecified atom stereocenters. The van der Waals surface area contributed by atoms with Crippen LogP contribution in [0.5, 0.6) is 5.75 Å². The van der Waals surface area contributed by atoms with E-state index in [1.54, 1.807) is 0 Å². The number of halogens is 1. The third kappa shape index (κ3) is 2.10. The molecule has 0 saturated carbocycles. The predicted octanol–water partition coefficient (Wildman–Crippen LogP) is 3.33. The Labute approximate surface area is 91.4 Å². The highest BCUT2D eigenvalue weighted by Gasteiger charge is 1.97. The number of hydrogen-bond donors (Lipinski definition) is 1. The third-order valence-electron chi connectivity index (χ3n) is 2.07. The van der Waals surface area contributed by atoms with Crippen LogP contribution in [0.4, 0.5) is 0 Å². The zero-order valence-corrected chi connectivity index (χ0v) is 9.38. The van der Waals surface area contributed by atoms with Crippen molar-refractivity contribution in [3.05, 3.63) is 30.5 Å². The lowest BCUT2D eigenvalue weighted by atomic mass is 10.2. The lowest BCUT2D eigenvalue weighted by Crippen LogP contribution is -1.97. The third-order valence-corrected chi connectivity index (χ3v) is 2.63. The van der Waals surface area contributed by atoms with E-state index in [2.05, 4.69) is 27.0 Å². The van der Waals surface area contributed by atoms with Gasteiger partial charge in [-0.1, -0.05) is 15.9 Å². The van der Waals surface area contributed by atoms with Gasteiger partial charge in [0, 0.05) is 22.4 Å². The van der Waals surface area contributed by atoms with Crippen molar-refractivity contribution in [3.63, 3.8) is 0 Å². The van der Waals surface area contributed by atoms with Gasteiger partial charge in [0.1, 0.15) is 5.75 Å². The first-order chi connectivity index (χ1) is 6.90. The van der Waals surface area contributed by atoms with Gasteiger partial charge in [0.25, 0.3) is 0 Å². The molecule has 0 aliphatic carbocycles. The SMILES string of the molecule is BrCCCOc1ccc2[nH]ccc2c1. The van der Waals surface area contributed by atoms with Crippen molar-refractivity contribution in [2.45, 2.75) is 6.42 Å². The first-order valence-electron chi connectivity index (χ1n) is 4.66. The van der Waals surface area contributed by atoms with Gasteiger partial charge in [-0.15, -0.1) is 0 Å². The molecule has 1 aromatic carbocycles. The molecule has 0 bridgehead atoms. The minimum Gasteiger partial charge on any atom is -0.494 e. The van der Waals surface area contributed by atoms with Crippen LogP contribution in [-0.4, -0.2) is 16.9 Å². The van der Waals surface area contributed by atoms with Crippen molar-refractivity contribution in [3.8, 4) is 5.75 Å². The topological polar surface area (TPSA) is 25.0 Å². The second kappa shape index (κ2) is 4.51. The molecule has 1 heterocycles. The van der Waals surface area contributed by atoms with Crippen LogP contribution in [0.2, 0.25) is 0 Å². The summed E-state index contributed by atoms with van der Waals surface area (Å²) in [4.78, 5) is 3.15. The number of alkyl halides is 1. The van der Waals surface area contributed by atoms with Gasteiger partial charge in [0.05, 0.1) is 6.61 Å². The largest absolute Gasteiger partial charge is 0.494 e. The van der Waals surface area contributed by atoms with Crippen molar-refractivity contribution in [1.29, 1.82) is 0 Å².